The first-order valence-corrected chi connectivity index (χ1v) is 7.55. The predicted molar refractivity (Wildman–Crippen MR) is 79.6 cm³/mol. The first-order valence-electron chi connectivity index (χ1n) is 7.55. The third kappa shape index (κ3) is 5.67. The smallest absolute Gasteiger partial charge is 0.410 e. The summed E-state index contributed by atoms with van der Waals surface area (Å²) in [5.41, 5.74) is -0.450. The molecule has 1 fully saturated rings. The van der Waals surface area contributed by atoms with E-state index in [0.29, 0.717) is 12.5 Å². The van der Waals surface area contributed by atoms with Crippen molar-refractivity contribution in [2.24, 2.45) is 11.8 Å². The molecule has 0 aromatic carbocycles. The summed E-state index contributed by atoms with van der Waals surface area (Å²) >= 11 is 0. The number of nitrogens with one attached hydrogen (secondary N) is 1. The van der Waals surface area contributed by atoms with E-state index in [1.165, 1.54) is 0 Å². The van der Waals surface area contributed by atoms with Crippen molar-refractivity contribution in [2.75, 3.05) is 26.2 Å². The summed E-state index contributed by atoms with van der Waals surface area (Å²) in [5, 5.41) is 12.5. The molecule has 1 rings (SSSR count). The van der Waals surface area contributed by atoms with Crippen LogP contribution in [0.25, 0.3) is 0 Å². The Morgan fingerprint density at radius 1 is 1.50 bits per heavy atom. The summed E-state index contributed by atoms with van der Waals surface area (Å²) in [5.74, 6) is 0.763. The van der Waals surface area contributed by atoms with Crippen molar-refractivity contribution in [3.05, 3.63) is 0 Å². The van der Waals surface area contributed by atoms with Gasteiger partial charge in [0.1, 0.15) is 5.60 Å². The molecule has 1 aliphatic rings. The fraction of sp³-hybridized carbons (Fsp3) is 0.933. The minimum absolute atomic E-state index is 0.184. The number of carbonyl (C=O) groups is 1. The molecule has 0 aromatic heterocycles. The molecular formula is C15H30N2O3. The number of hydrogen-bond donors (Lipinski definition) is 2. The normalized spacial score (nSPS) is 25.4. The summed E-state index contributed by atoms with van der Waals surface area (Å²) in [7, 11) is 0. The topological polar surface area (TPSA) is 61.8 Å². The lowest BCUT2D eigenvalue weighted by Crippen LogP contribution is -2.53. The van der Waals surface area contributed by atoms with Gasteiger partial charge in [0.25, 0.3) is 0 Å². The summed E-state index contributed by atoms with van der Waals surface area (Å²) < 4.78 is 5.43. The third-order valence-corrected chi connectivity index (χ3v) is 3.65. The van der Waals surface area contributed by atoms with E-state index in [-0.39, 0.29) is 24.7 Å². The van der Waals surface area contributed by atoms with E-state index in [2.05, 4.69) is 12.2 Å². The highest BCUT2D eigenvalue weighted by molar-refractivity contribution is 5.68. The van der Waals surface area contributed by atoms with Gasteiger partial charge in [0.2, 0.25) is 0 Å². The molecule has 3 unspecified atom stereocenters. The van der Waals surface area contributed by atoms with Crippen molar-refractivity contribution in [3.8, 4) is 0 Å². The van der Waals surface area contributed by atoms with Gasteiger partial charge in [-0.1, -0.05) is 13.8 Å². The Hall–Kier alpha value is -0.810. The standard InChI is InChI=1S/C15H30N2O3/c1-11(10-18)8-16-13-9-17(7-6-12(13)2)14(19)20-15(3,4)5/h11-13,16,18H,6-10H2,1-5H3. The third-order valence-electron chi connectivity index (χ3n) is 3.65. The van der Waals surface area contributed by atoms with Crippen LogP contribution < -0.4 is 5.32 Å². The summed E-state index contributed by atoms with van der Waals surface area (Å²) in [6.07, 6.45) is 0.746. The Balaban J connectivity index is 2.50. The van der Waals surface area contributed by atoms with E-state index < -0.39 is 5.60 Å². The number of nitrogens with zero attached hydrogens (tertiary/aromatic N) is 1. The summed E-state index contributed by atoms with van der Waals surface area (Å²) in [6, 6.07) is 0.269. The zero-order valence-electron chi connectivity index (χ0n) is 13.5. The minimum atomic E-state index is -0.450. The number of aliphatic hydroxyl groups is 1. The maximum atomic E-state index is 12.1. The van der Waals surface area contributed by atoms with Gasteiger partial charge >= 0.3 is 6.09 Å². The number of amides is 1. The van der Waals surface area contributed by atoms with Gasteiger partial charge in [0.15, 0.2) is 0 Å². The molecule has 0 aliphatic carbocycles. The van der Waals surface area contributed by atoms with Crippen molar-refractivity contribution >= 4 is 6.09 Å². The molecule has 0 aromatic rings. The van der Waals surface area contributed by atoms with E-state index in [1.807, 2.05) is 27.7 Å². The molecule has 20 heavy (non-hydrogen) atoms. The molecule has 1 saturated heterocycles. The molecule has 5 heteroatoms. The molecule has 2 N–H and O–H groups in total. The molecule has 118 valence electrons. The lowest BCUT2D eigenvalue weighted by Gasteiger charge is -2.38. The molecule has 1 aliphatic heterocycles. The summed E-state index contributed by atoms with van der Waals surface area (Å²) in [4.78, 5) is 13.9. The van der Waals surface area contributed by atoms with E-state index in [9.17, 15) is 4.79 Å². The first kappa shape index (κ1) is 17.2. The van der Waals surface area contributed by atoms with Crippen LogP contribution in [0.2, 0.25) is 0 Å². The number of likely N-dealkylation sites (tertiary alicyclic amines) is 1. The Labute approximate surface area is 122 Å². The van der Waals surface area contributed by atoms with E-state index in [4.69, 9.17) is 9.84 Å². The monoisotopic (exact) mass is 286 g/mol. The summed E-state index contributed by atoms with van der Waals surface area (Å²) in [6.45, 7) is 12.2. The van der Waals surface area contributed by atoms with Crippen LogP contribution in [0.1, 0.15) is 41.0 Å². The molecule has 1 amide bonds. The van der Waals surface area contributed by atoms with Crippen molar-refractivity contribution < 1.29 is 14.6 Å². The zero-order chi connectivity index (χ0) is 15.3. The highest BCUT2D eigenvalue weighted by Gasteiger charge is 2.31. The second kappa shape index (κ2) is 7.27. The first-order chi connectivity index (χ1) is 9.23. The van der Waals surface area contributed by atoms with Gasteiger partial charge in [-0.2, -0.15) is 0 Å². The van der Waals surface area contributed by atoms with Gasteiger partial charge in [-0.3, -0.25) is 0 Å². The van der Waals surface area contributed by atoms with E-state index in [1.54, 1.807) is 4.90 Å². The molecular weight excluding hydrogens is 256 g/mol. The maximum Gasteiger partial charge on any atom is 0.410 e. The van der Waals surface area contributed by atoms with Crippen LogP contribution in [0.5, 0.6) is 0 Å². The Morgan fingerprint density at radius 2 is 2.15 bits per heavy atom. The molecule has 0 bridgehead atoms. The maximum absolute atomic E-state index is 12.1. The average molecular weight is 286 g/mol. The second-order valence-electron chi connectivity index (χ2n) is 6.99. The molecule has 0 saturated carbocycles. The van der Waals surface area contributed by atoms with Gasteiger partial charge in [-0.15, -0.1) is 0 Å². The number of rotatable bonds is 4. The number of ether oxygens (including phenoxy) is 1. The van der Waals surface area contributed by atoms with Crippen LogP contribution >= 0.6 is 0 Å². The van der Waals surface area contributed by atoms with Gasteiger partial charge in [0.05, 0.1) is 0 Å². The Kier molecular flexibility index (Phi) is 6.27. The highest BCUT2D eigenvalue weighted by Crippen LogP contribution is 2.20. The van der Waals surface area contributed by atoms with E-state index in [0.717, 1.165) is 19.5 Å². The Bertz CT molecular complexity index is 315. The molecule has 5 nitrogen and oxygen atoms in total. The van der Waals surface area contributed by atoms with E-state index >= 15 is 0 Å². The van der Waals surface area contributed by atoms with Crippen molar-refractivity contribution in [2.45, 2.75) is 52.7 Å². The van der Waals surface area contributed by atoms with Crippen molar-refractivity contribution in [1.82, 2.24) is 10.2 Å². The highest BCUT2D eigenvalue weighted by atomic mass is 16.6. The number of aliphatic hydroxyl groups excluding tert-OH is 1. The molecule has 0 spiro atoms. The second-order valence-corrected chi connectivity index (χ2v) is 6.99. The number of hydrogen-bond acceptors (Lipinski definition) is 4. The lowest BCUT2D eigenvalue weighted by molar-refractivity contribution is 0.0145. The van der Waals surface area contributed by atoms with Crippen molar-refractivity contribution in [1.29, 1.82) is 0 Å². The van der Waals surface area contributed by atoms with Gasteiger partial charge in [-0.05, 0) is 39.0 Å². The molecule has 1 heterocycles. The van der Waals surface area contributed by atoms with Crippen LogP contribution in [0.4, 0.5) is 4.79 Å². The van der Waals surface area contributed by atoms with Gasteiger partial charge in [-0.25, -0.2) is 4.79 Å². The number of carbonyl (C=O) groups excluding carboxylic acids is 1. The van der Waals surface area contributed by atoms with Crippen LogP contribution in [0, 0.1) is 11.8 Å². The lowest BCUT2D eigenvalue weighted by atomic mass is 9.93. The fourth-order valence-corrected chi connectivity index (χ4v) is 2.24. The largest absolute Gasteiger partial charge is 0.444 e. The fourth-order valence-electron chi connectivity index (χ4n) is 2.24. The van der Waals surface area contributed by atoms with Crippen LogP contribution in [-0.2, 0) is 4.74 Å². The quantitative estimate of drug-likeness (QED) is 0.828. The molecule has 3 atom stereocenters. The average Bonchev–Trinajstić information content (AvgIpc) is 2.35. The van der Waals surface area contributed by atoms with Crippen LogP contribution in [-0.4, -0.2) is 54.0 Å². The van der Waals surface area contributed by atoms with Crippen LogP contribution in [0.3, 0.4) is 0 Å². The predicted octanol–water partition coefficient (Wildman–Crippen LogP) is 1.85. The zero-order valence-corrected chi connectivity index (χ0v) is 13.5. The van der Waals surface area contributed by atoms with Gasteiger partial charge < -0.3 is 20.1 Å². The Morgan fingerprint density at radius 3 is 2.70 bits per heavy atom. The minimum Gasteiger partial charge on any atom is -0.444 e. The van der Waals surface area contributed by atoms with Crippen molar-refractivity contribution in [3.63, 3.8) is 0 Å². The number of piperidine rings is 1. The van der Waals surface area contributed by atoms with Gasteiger partial charge in [0, 0.05) is 32.3 Å². The van der Waals surface area contributed by atoms with Crippen LogP contribution in [0.15, 0.2) is 0 Å². The molecule has 0 radical (unpaired) electrons. The SMILES string of the molecule is CC(CO)CNC1CN(C(=O)OC(C)(C)C)CCC1C.